The van der Waals surface area contributed by atoms with Crippen molar-refractivity contribution in [2.24, 2.45) is 4.99 Å². The maximum absolute atomic E-state index is 9.10. The smallest absolute Gasteiger partial charge is 0.414 e. The van der Waals surface area contributed by atoms with E-state index in [-0.39, 0.29) is 0 Å². The number of aliphatic imine (C=N–C) groups is 1. The average molecular weight is 265 g/mol. The number of carboxylic acids is 2. The summed E-state index contributed by atoms with van der Waals surface area (Å²) in [6, 6.07) is 4.07. The second-order valence-corrected chi connectivity index (χ2v) is 3.73. The van der Waals surface area contributed by atoms with E-state index in [2.05, 4.69) is 21.4 Å². The highest BCUT2D eigenvalue weighted by atomic mass is 16.4. The molecule has 7 nitrogen and oxygen atoms in total. The lowest BCUT2D eigenvalue weighted by molar-refractivity contribution is -0.159. The number of rotatable bonds is 3. The molecule has 0 saturated heterocycles. The second kappa shape index (κ2) is 7.80. The fourth-order valence-electron chi connectivity index (χ4n) is 1.42. The van der Waals surface area contributed by atoms with Crippen LogP contribution in [0.1, 0.15) is 12.0 Å². The average Bonchev–Trinajstić information content (AvgIpc) is 2.91. The van der Waals surface area contributed by atoms with Gasteiger partial charge in [-0.2, -0.15) is 0 Å². The minimum absolute atomic E-state index is 0.933. The Hall–Kier alpha value is -2.44. The highest BCUT2D eigenvalue weighted by molar-refractivity contribution is 6.27. The van der Waals surface area contributed by atoms with E-state index in [1.165, 1.54) is 5.56 Å². The minimum Gasteiger partial charge on any atom is -0.473 e. The van der Waals surface area contributed by atoms with E-state index in [1.807, 2.05) is 12.3 Å². The number of nitrogens with one attached hydrogen (secondary N) is 1. The van der Waals surface area contributed by atoms with Crippen LogP contribution in [0.5, 0.6) is 0 Å². The molecule has 1 aromatic rings. The molecule has 0 amide bonds. The molecule has 0 spiro atoms. The summed E-state index contributed by atoms with van der Waals surface area (Å²) in [6.07, 6.45) is 5.75. The molecule has 0 aliphatic carbocycles. The van der Waals surface area contributed by atoms with E-state index in [9.17, 15) is 0 Å². The van der Waals surface area contributed by atoms with E-state index in [4.69, 9.17) is 19.8 Å². The predicted octanol–water partition coefficient (Wildman–Crippen LogP) is 0.171. The summed E-state index contributed by atoms with van der Waals surface area (Å²) < 4.78 is 0. The Kier molecular flexibility index (Phi) is 6.00. The van der Waals surface area contributed by atoms with Gasteiger partial charge in [-0.15, -0.1) is 0 Å². The first kappa shape index (κ1) is 14.6. The number of hydrogen-bond donors (Lipinski definition) is 3. The van der Waals surface area contributed by atoms with Crippen molar-refractivity contribution in [2.45, 2.75) is 12.8 Å². The first-order valence-electron chi connectivity index (χ1n) is 5.72. The molecule has 0 aromatic carbocycles. The summed E-state index contributed by atoms with van der Waals surface area (Å²) in [5, 5.41) is 18.0. The zero-order valence-electron chi connectivity index (χ0n) is 10.2. The van der Waals surface area contributed by atoms with Crippen LogP contribution in [0.3, 0.4) is 0 Å². The Morgan fingerprint density at radius 3 is 2.47 bits per heavy atom. The minimum atomic E-state index is -1.82. The fourth-order valence-corrected chi connectivity index (χ4v) is 1.42. The number of aliphatic carboxylic acids is 2. The molecular formula is C12H15N3O4. The van der Waals surface area contributed by atoms with E-state index >= 15 is 0 Å². The number of amidine groups is 1. The lowest BCUT2D eigenvalue weighted by Gasteiger charge is -2.01. The Labute approximate surface area is 110 Å². The van der Waals surface area contributed by atoms with Gasteiger partial charge in [-0.05, 0) is 18.1 Å². The van der Waals surface area contributed by atoms with Gasteiger partial charge in [-0.25, -0.2) is 9.59 Å². The van der Waals surface area contributed by atoms with Crippen LogP contribution < -0.4 is 5.32 Å². The lowest BCUT2D eigenvalue weighted by Crippen LogP contribution is -2.18. The normalized spacial score (nSPS) is 12.7. The molecule has 1 aliphatic rings. The van der Waals surface area contributed by atoms with Crippen molar-refractivity contribution in [3.05, 3.63) is 30.1 Å². The summed E-state index contributed by atoms with van der Waals surface area (Å²) in [6.45, 7) is 1.94. The summed E-state index contributed by atoms with van der Waals surface area (Å²) in [4.78, 5) is 26.6. The SMILES string of the molecule is O=C(O)C(=O)O.c1cncc(CCC2=NCCN2)c1. The summed E-state index contributed by atoms with van der Waals surface area (Å²) in [7, 11) is 0. The van der Waals surface area contributed by atoms with Gasteiger partial charge in [-0.3, -0.25) is 9.98 Å². The van der Waals surface area contributed by atoms with Gasteiger partial charge in [-0.1, -0.05) is 6.07 Å². The van der Waals surface area contributed by atoms with Crippen molar-refractivity contribution in [3.8, 4) is 0 Å². The predicted molar refractivity (Wildman–Crippen MR) is 68.1 cm³/mol. The van der Waals surface area contributed by atoms with Crippen LogP contribution in [-0.2, 0) is 16.0 Å². The Morgan fingerprint density at radius 2 is 2.00 bits per heavy atom. The quantitative estimate of drug-likeness (QED) is 0.672. The lowest BCUT2D eigenvalue weighted by atomic mass is 10.1. The van der Waals surface area contributed by atoms with E-state index in [0.29, 0.717) is 0 Å². The maximum atomic E-state index is 9.10. The van der Waals surface area contributed by atoms with Crippen LogP contribution >= 0.6 is 0 Å². The van der Waals surface area contributed by atoms with Crippen LogP contribution in [0.2, 0.25) is 0 Å². The van der Waals surface area contributed by atoms with Crippen molar-refractivity contribution >= 4 is 17.8 Å². The van der Waals surface area contributed by atoms with E-state index in [0.717, 1.165) is 31.8 Å². The molecule has 0 bridgehead atoms. The standard InChI is InChI=1S/C10H13N3.C2H2O4/c1-2-9(8-11-5-1)3-4-10-12-6-7-13-10;3-1(4)2(5)6/h1-2,5,8H,3-4,6-7H2,(H,12,13);(H,3,4)(H,5,6). The molecule has 2 rings (SSSR count). The number of nitrogens with zero attached hydrogens (tertiary/aromatic N) is 2. The highest BCUT2D eigenvalue weighted by Crippen LogP contribution is 2.02. The van der Waals surface area contributed by atoms with Crippen molar-refractivity contribution in [1.29, 1.82) is 0 Å². The molecule has 0 fully saturated rings. The molecule has 1 aliphatic heterocycles. The van der Waals surface area contributed by atoms with Crippen LogP contribution in [0.4, 0.5) is 0 Å². The number of aromatic nitrogens is 1. The van der Waals surface area contributed by atoms with Crippen LogP contribution in [-0.4, -0.2) is 46.1 Å². The highest BCUT2D eigenvalue weighted by Gasteiger charge is 2.04. The molecule has 3 N–H and O–H groups in total. The van der Waals surface area contributed by atoms with Crippen LogP contribution in [0, 0.1) is 0 Å². The number of pyridine rings is 1. The first-order chi connectivity index (χ1) is 9.09. The van der Waals surface area contributed by atoms with Crippen molar-refractivity contribution < 1.29 is 19.8 Å². The fraction of sp³-hybridized carbons (Fsp3) is 0.333. The monoisotopic (exact) mass is 265 g/mol. The molecule has 102 valence electrons. The molecule has 0 unspecified atom stereocenters. The van der Waals surface area contributed by atoms with Gasteiger partial charge in [0.2, 0.25) is 0 Å². The Morgan fingerprint density at radius 1 is 1.26 bits per heavy atom. The Bertz CT molecular complexity index is 447. The van der Waals surface area contributed by atoms with Gasteiger partial charge in [0.15, 0.2) is 0 Å². The van der Waals surface area contributed by atoms with Crippen molar-refractivity contribution in [1.82, 2.24) is 10.3 Å². The topological polar surface area (TPSA) is 112 Å². The van der Waals surface area contributed by atoms with Gasteiger partial charge in [0.1, 0.15) is 0 Å². The van der Waals surface area contributed by atoms with Crippen LogP contribution in [0.15, 0.2) is 29.5 Å². The number of carbonyl (C=O) groups is 2. The maximum Gasteiger partial charge on any atom is 0.414 e. The molecule has 19 heavy (non-hydrogen) atoms. The number of aryl methyl sites for hydroxylation is 1. The number of carboxylic acid groups (broad SMARTS) is 2. The van der Waals surface area contributed by atoms with Gasteiger partial charge < -0.3 is 15.5 Å². The Balaban J connectivity index is 0.000000258. The van der Waals surface area contributed by atoms with Gasteiger partial charge >= 0.3 is 11.9 Å². The van der Waals surface area contributed by atoms with Crippen molar-refractivity contribution in [2.75, 3.05) is 13.1 Å². The molecule has 0 radical (unpaired) electrons. The first-order valence-corrected chi connectivity index (χ1v) is 5.72. The number of hydrogen-bond acceptors (Lipinski definition) is 5. The third-order valence-electron chi connectivity index (χ3n) is 2.30. The van der Waals surface area contributed by atoms with E-state index < -0.39 is 11.9 Å². The summed E-state index contributed by atoms with van der Waals surface area (Å²) in [5.41, 5.74) is 1.28. The third kappa shape index (κ3) is 6.16. The van der Waals surface area contributed by atoms with Crippen molar-refractivity contribution in [3.63, 3.8) is 0 Å². The zero-order valence-corrected chi connectivity index (χ0v) is 10.2. The summed E-state index contributed by atoms with van der Waals surface area (Å²) in [5.74, 6) is -2.51. The molecule has 1 aromatic heterocycles. The molecule has 2 heterocycles. The molecule has 0 saturated carbocycles. The third-order valence-corrected chi connectivity index (χ3v) is 2.30. The largest absolute Gasteiger partial charge is 0.473 e. The molecule has 7 heteroatoms. The molecule has 0 atom stereocenters. The van der Waals surface area contributed by atoms with Gasteiger partial charge in [0.25, 0.3) is 0 Å². The molecular weight excluding hydrogens is 250 g/mol. The van der Waals surface area contributed by atoms with Crippen LogP contribution in [0.25, 0.3) is 0 Å². The van der Waals surface area contributed by atoms with E-state index in [1.54, 1.807) is 6.20 Å². The van der Waals surface area contributed by atoms with Gasteiger partial charge in [0.05, 0.1) is 12.4 Å². The summed E-state index contributed by atoms with van der Waals surface area (Å²) >= 11 is 0. The zero-order chi connectivity index (χ0) is 14.1. The second-order valence-electron chi connectivity index (χ2n) is 3.73. The van der Waals surface area contributed by atoms with Gasteiger partial charge in [0, 0.05) is 25.4 Å².